The van der Waals surface area contributed by atoms with Crippen molar-refractivity contribution in [2.24, 2.45) is 0 Å². The van der Waals surface area contributed by atoms with Gasteiger partial charge in [0.05, 0.1) is 0 Å². The predicted octanol–water partition coefficient (Wildman–Crippen LogP) is 3.39. The van der Waals surface area contributed by atoms with Crippen molar-refractivity contribution >= 4 is 5.97 Å². The largest absolute Gasteiger partial charge is 0.479 e. The molecule has 94 valence electrons. The summed E-state index contributed by atoms with van der Waals surface area (Å²) in [6.07, 6.45) is 9.07. The van der Waals surface area contributed by atoms with Crippen LogP contribution in [0.2, 0.25) is 0 Å². The minimum absolute atomic E-state index is 0.536. The number of ether oxygens (including phenoxy) is 1. The Kier molecular flexibility index (Phi) is 10.1. The highest BCUT2D eigenvalue weighted by molar-refractivity contribution is 5.72. The summed E-state index contributed by atoms with van der Waals surface area (Å²) in [4.78, 5) is 10.8. The maximum atomic E-state index is 10.8. The van der Waals surface area contributed by atoms with Crippen LogP contribution in [0.5, 0.6) is 0 Å². The predicted molar refractivity (Wildman–Crippen MR) is 65.6 cm³/mol. The van der Waals surface area contributed by atoms with Crippen molar-refractivity contribution in [1.29, 1.82) is 0 Å². The normalized spacial score (nSPS) is 13.1. The molecule has 0 bridgehead atoms. The highest BCUT2D eigenvalue weighted by Gasteiger charge is 2.16. The van der Waals surface area contributed by atoms with E-state index in [2.05, 4.69) is 26.0 Å². The monoisotopic (exact) mass is 228 g/mol. The molecular weight excluding hydrogens is 204 g/mol. The molecule has 0 saturated heterocycles. The van der Waals surface area contributed by atoms with E-state index in [4.69, 9.17) is 9.84 Å². The molecule has 0 radical (unpaired) electrons. The van der Waals surface area contributed by atoms with Crippen molar-refractivity contribution in [3.8, 4) is 0 Å². The Morgan fingerprint density at radius 1 is 1.31 bits per heavy atom. The van der Waals surface area contributed by atoms with Gasteiger partial charge in [0.2, 0.25) is 0 Å². The maximum absolute atomic E-state index is 10.8. The molecular formula is C13H24O3. The molecule has 0 aliphatic rings. The van der Waals surface area contributed by atoms with Gasteiger partial charge in [0, 0.05) is 6.61 Å². The topological polar surface area (TPSA) is 46.5 Å². The number of unbranched alkanes of at least 4 members (excludes halogenated alkanes) is 2. The van der Waals surface area contributed by atoms with E-state index in [9.17, 15) is 4.79 Å². The third-order valence-electron chi connectivity index (χ3n) is 2.33. The van der Waals surface area contributed by atoms with E-state index >= 15 is 0 Å². The molecule has 1 N–H and O–H groups in total. The molecule has 0 fully saturated rings. The SMILES string of the molecule is CC/C=C\CCCOC(CCCC)C(=O)O. The average Bonchev–Trinajstić information content (AvgIpc) is 2.26. The second-order valence-corrected chi connectivity index (χ2v) is 3.86. The van der Waals surface area contributed by atoms with Crippen molar-refractivity contribution < 1.29 is 14.6 Å². The van der Waals surface area contributed by atoms with Crippen LogP contribution in [0.1, 0.15) is 52.4 Å². The zero-order valence-electron chi connectivity index (χ0n) is 10.4. The van der Waals surface area contributed by atoms with Crippen LogP contribution >= 0.6 is 0 Å². The van der Waals surface area contributed by atoms with Crippen molar-refractivity contribution in [3.05, 3.63) is 12.2 Å². The van der Waals surface area contributed by atoms with Gasteiger partial charge in [-0.15, -0.1) is 0 Å². The van der Waals surface area contributed by atoms with Gasteiger partial charge in [-0.05, 0) is 25.7 Å². The standard InChI is InChI=1S/C13H24O3/c1-3-5-7-8-9-11-16-12(13(14)15)10-6-4-2/h5,7,12H,3-4,6,8-11H2,1-2H3,(H,14,15)/b7-5-. The first-order valence-electron chi connectivity index (χ1n) is 6.21. The van der Waals surface area contributed by atoms with Gasteiger partial charge in [0.1, 0.15) is 0 Å². The van der Waals surface area contributed by atoms with E-state index in [1.165, 1.54) is 0 Å². The van der Waals surface area contributed by atoms with Gasteiger partial charge in [-0.25, -0.2) is 4.79 Å². The number of allylic oxidation sites excluding steroid dienone is 2. The van der Waals surface area contributed by atoms with Crippen molar-refractivity contribution in [2.45, 2.75) is 58.5 Å². The van der Waals surface area contributed by atoms with Crippen LogP contribution in [-0.4, -0.2) is 23.8 Å². The molecule has 0 aromatic heterocycles. The summed E-state index contributed by atoms with van der Waals surface area (Å²) in [6, 6.07) is 0. The van der Waals surface area contributed by atoms with Gasteiger partial charge in [0.15, 0.2) is 6.10 Å². The second-order valence-electron chi connectivity index (χ2n) is 3.86. The Morgan fingerprint density at radius 2 is 2.06 bits per heavy atom. The maximum Gasteiger partial charge on any atom is 0.332 e. The summed E-state index contributed by atoms with van der Waals surface area (Å²) >= 11 is 0. The minimum atomic E-state index is -0.836. The molecule has 0 amide bonds. The lowest BCUT2D eigenvalue weighted by Gasteiger charge is -2.12. The summed E-state index contributed by atoms with van der Waals surface area (Å²) < 4.78 is 5.35. The summed E-state index contributed by atoms with van der Waals surface area (Å²) in [7, 11) is 0. The van der Waals surface area contributed by atoms with Crippen LogP contribution in [0.4, 0.5) is 0 Å². The molecule has 0 saturated carbocycles. The van der Waals surface area contributed by atoms with Crippen LogP contribution in [0.25, 0.3) is 0 Å². The van der Waals surface area contributed by atoms with Gasteiger partial charge >= 0.3 is 5.97 Å². The fraction of sp³-hybridized carbons (Fsp3) is 0.769. The van der Waals surface area contributed by atoms with E-state index < -0.39 is 12.1 Å². The highest BCUT2D eigenvalue weighted by Crippen LogP contribution is 2.06. The molecule has 0 aromatic rings. The molecule has 1 unspecified atom stereocenters. The molecule has 0 heterocycles. The lowest BCUT2D eigenvalue weighted by molar-refractivity contribution is -0.150. The average molecular weight is 228 g/mol. The van der Waals surface area contributed by atoms with Gasteiger partial charge in [0.25, 0.3) is 0 Å². The van der Waals surface area contributed by atoms with Gasteiger partial charge < -0.3 is 9.84 Å². The highest BCUT2D eigenvalue weighted by atomic mass is 16.5. The number of hydrogen-bond acceptors (Lipinski definition) is 2. The van der Waals surface area contributed by atoms with E-state index in [1.807, 2.05) is 0 Å². The van der Waals surface area contributed by atoms with Crippen LogP contribution in [0, 0.1) is 0 Å². The van der Waals surface area contributed by atoms with E-state index in [0.29, 0.717) is 13.0 Å². The zero-order chi connectivity index (χ0) is 12.2. The number of carbonyl (C=O) groups is 1. The summed E-state index contributed by atoms with van der Waals surface area (Å²) in [5, 5.41) is 8.90. The molecule has 3 heteroatoms. The Balaban J connectivity index is 3.59. The summed E-state index contributed by atoms with van der Waals surface area (Å²) in [5.41, 5.74) is 0. The van der Waals surface area contributed by atoms with Crippen LogP contribution < -0.4 is 0 Å². The molecule has 16 heavy (non-hydrogen) atoms. The van der Waals surface area contributed by atoms with Crippen molar-refractivity contribution in [3.63, 3.8) is 0 Å². The number of hydrogen-bond donors (Lipinski definition) is 1. The van der Waals surface area contributed by atoms with E-state index in [1.54, 1.807) is 0 Å². The smallest absolute Gasteiger partial charge is 0.332 e. The fourth-order valence-electron chi connectivity index (χ4n) is 1.38. The van der Waals surface area contributed by atoms with Crippen molar-refractivity contribution in [2.75, 3.05) is 6.61 Å². The van der Waals surface area contributed by atoms with Crippen LogP contribution in [0.15, 0.2) is 12.2 Å². The van der Waals surface area contributed by atoms with Gasteiger partial charge in [-0.2, -0.15) is 0 Å². The fourth-order valence-corrected chi connectivity index (χ4v) is 1.38. The molecule has 0 rings (SSSR count). The Bertz CT molecular complexity index is 199. The van der Waals surface area contributed by atoms with Crippen LogP contribution in [-0.2, 0) is 9.53 Å². The number of carboxylic acid groups (broad SMARTS) is 1. The van der Waals surface area contributed by atoms with E-state index in [0.717, 1.165) is 32.1 Å². The molecule has 0 aliphatic carbocycles. The molecule has 0 aliphatic heterocycles. The number of aliphatic carboxylic acids is 1. The number of carboxylic acids is 1. The Labute approximate surface area is 98.5 Å². The summed E-state index contributed by atoms with van der Waals surface area (Å²) in [5.74, 6) is -0.836. The quantitative estimate of drug-likeness (QED) is 0.460. The molecule has 3 nitrogen and oxygen atoms in total. The third-order valence-corrected chi connectivity index (χ3v) is 2.33. The lowest BCUT2D eigenvalue weighted by atomic mass is 10.1. The first-order valence-corrected chi connectivity index (χ1v) is 6.21. The van der Waals surface area contributed by atoms with Gasteiger partial charge in [-0.1, -0.05) is 38.8 Å². The molecule has 1 atom stereocenters. The minimum Gasteiger partial charge on any atom is -0.479 e. The third kappa shape index (κ3) is 8.48. The lowest BCUT2D eigenvalue weighted by Crippen LogP contribution is -2.24. The number of rotatable bonds is 10. The molecule has 0 spiro atoms. The van der Waals surface area contributed by atoms with Crippen molar-refractivity contribution in [1.82, 2.24) is 0 Å². The molecule has 0 aromatic carbocycles. The van der Waals surface area contributed by atoms with E-state index in [-0.39, 0.29) is 0 Å². The van der Waals surface area contributed by atoms with Gasteiger partial charge in [-0.3, -0.25) is 0 Å². The second kappa shape index (κ2) is 10.7. The summed E-state index contributed by atoms with van der Waals surface area (Å²) in [6.45, 7) is 4.68. The Hall–Kier alpha value is -0.830. The zero-order valence-corrected chi connectivity index (χ0v) is 10.4. The first-order chi connectivity index (χ1) is 7.72. The van der Waals surface area contributed by atoms with Crippen LogP contribution in [0.3, 0.4) is 0 Å². The first kappa shape index (κ1) is 15.2. The Morgan fingerprint density at radius 3 is 2.62 bits per heavy atom.